The Morgan fingerprint density at radius 2 is 1.06 bits per heavy atom. The van der Waals surface area contributed by atoms with Gasteiger partial charge in [-0.15, -0.1) is 22.7 Å². The first-order chi connectivity index (χ1) is 38.1. The number of hydrogen-bond acceptors (Lipinski definition) is 17. The number of nitrogens with two attached hydrogens (primary N) is 1. The number of aromatic nitrogens is 6. The van der Waals surface area contributed by atoms with Crippen molar-refractivity contribution < 1.29 is 59.7 Å². The number of pyridine rings is 4. The summed E-state index contributed by atoms with van der Waals surface area (Å²) in [6.07, 6.45) is 0.586. The standard InChI is InChI=1S/C27H24F3N5O4S2.C26H21F3N4O3S.C2H7N/c1-15-10-20(33-23(11-15)34-22-13-18(7-9-31-22)27(28,29)30)21-14-32-25(40-21)26(37)8-3-4-16-12-17(5-6-19(16)26)24(36)35-41(2,38)39;1-14-9-19(32-22(10-14)33-21-12-17(6-8-30-21)26(27,28)29)20-13-31-24(37-20)25(36)7-2-3-15-11-16(23(34)35)4-5-18(15)25;1-2-3/h5-7,9-14,37H,3-4,8H2,1-2H3,(H,35,36)(H,31,33,34);4-6,8-13,36H,2-3,7H2,1H3,(H,34,35)(H,30,32,33);2-3H2,1H3/t26-;25-;/m11./s1. The van der Waals surface area contributed by atoms with E-state index in [1.165, 1.54) is 34.8 Å². The van der Waals surface area contributed by atoms with Crippen LogP contribution in [0, 0.1) is 13.8 Å². The minimum atomic E-state index is -4.51. The molecular weight excluding hydrogens is 1120 g/mol. The number of fused-ring (bicyclic) bond motifs is 2. The highest BCUT2D eigenvalue weighted by molar-refractivity contribution is 7.89. The number of carboxylic acid groups (broad SMARTS) is 1. The summed E-state index contributed by atoms with van der Waals surface area (Å²) < 4.78 is 103. The number of carbonyl (C=O) groups excluding carboxylic acids is 1. The maximum Gasteiger partial charge on any atom is 0.416 e. The second kappa shape index (κ2) is 23.8. The lowest BCUT2D eigenvalue weighted by Gasteiger charge is -2.33. The minimum absolute atomic E-state index is 0.00780. The van der Waals surface area contributed by atoms with Crippen molar-refractivity contribution in [2.24, 2.45) is 5.73 Å². The molecule has 0 bridgehead atoms. The predicted octanol–water partition coefficient (Wildman–Crippen LogP) is 10.8. The number of aryl methyl sites for hydroxylation is 4. The number of aromatic carboxylic acids is 1. The van der Waals surface area contributed by atoms with Crippen molar-refractivity contribution in [3.63, 3.8) is 0 Å². The maximum absolute atomic E-state index is 13.1. The number of aliphatic hydroxyl groups is 2. The molecule has 0 saturated carbocycles. The normalized spacial score (nSPS) is 16.8. The number of nitrogens with one attached hydrogen (secondary N) is 3. The second-order valence-electron chi connectivity index (χ2n) is 19.1. The van der Waals surface area contributed by atoms with E-state index in [1.807, 2.05) is 31.6 Å². The Morgan fingerprint density at radius 1 is 0.642 bits per heavy atom. The van der Waals surface area contributed by atoms with Crippen molar-refractivity contribution in [1.29, 1.82) is 0 Å². The third-order valence-corrected chi connectivity index (χ3v) is 15.6. The van der Waals surface area contributed by atoms with E-state index in [2.05, 4.69) is 40.5 Å². The van der Waals surface area contributed by atoms with Crippen molar-refractivity contribution in [3.05, 3.63) is 175 Å². The van der Waals surface area contributed by atoms with E-state index in [4.69, 9.17) is 5.73 Å². The van der Waals surface area contributed by atoms with Crippen molar-refractivity contribution in [2.75, 3.05) is 23.4 Å². The molecule has 0 aliphatic heterocycles. The van der Waals surface area contributed by atoms with Gasteiger partial charge in [0, 0.05) is 30.4 Å². The summed E-state index contributed by atoms with van der Waals surface area (Å²) >= 11 is 2.49. The summed E-state index contributed by atoms with van der Waals surface area (Å²) in [6, 6.07) is 20.0. The first-order valence-corrected chi connectivity index (χ1v) is 28.4. The summed E-state index contributed by atoms with van der Waals surface area (Å²) in [5.74, 6) is -1.16. The van der Waals surface area contributed by atoms with Crippen LogP contribution in [0.25, 0.3) is 21.1 Å². The molecular formula is C55H52F6N10O7S3. The number of halogens is 6. The van der Waals surface area contributed by atoms with Gasteiger partial charge >= 0.3 is 18.3 Å². The molecule has 81 heavy (non-hydrogen) atoms. The van der Waals surface area contributed by atoms with Crippen LogP contribution >= 0.6 is 22.7 Å². The number of alkyl halides is 6. The van der Waals surface area contributed by atoms with Crippen LogP contribution in [-0.4, -0.2) is 78.3 Å². The Morgan fingerprint density at radius 3 is 1.47 bits per heavy atom. The van der Waals surface area contributed by atoms with Crippen LogP contribution in [0.5, 0.6) is 0 Å². The van der Waals surface area contributed by atoms with Gasteiger partial charge in [-0.2, -0.15) is 26.3 Å². The molecule has 8 aromatic rings. The molecule has 2 aliphatic carbocycles. The van der Waals surface area contributed by atoms with E-state index in [-0.39, 0.29) is 22.8 Å². The van der Waals surface area contributed by atoms with E-state index in [0.717, 1.165) is 66.2 Å². The summed E-state index contributed by atoms with van der Waals surface area (Å²) in [6.45, 7) is 6.31. The van der Waals surface area contributed by atoms with E-state index in [0.29, 0.717) is 98.0 Å². The molecule has 2 aliphatic rings. The molecule has 0 fully saturated rings. The molecule has 26 heteroatoms. The highest BCUT2D eigenvalue weighted by atomic mass is 32.2. The Bertz CT molecular complexity index is 3770. The number of rotatable bonds is 11. The van der Waals surface area contributed by atoms with Crippen LogP contribution in [0.1, 0.15) is 108 Å². The van der Waals surface area contributed by atoms with Crippen LogP contribution < -0.4 is 21.1 Å². The van der Waals surface area contributed by atoms with Gasteiger partial charge < -0.3 is 31.7 Å². The fourth-order valence-electron chi connectivity index (χ4n) is 9.19. The largest absolute Gasteiger partial charge is 0.478 e. The number of carbonyl (C=O) groups is 2. The number of hydrogen-bond donors (Lipinski definition) is 7. The Balaban J connectivity index is 0.000000204. The van der Waals surface area contributed by atoms with Gasteiger partial charge in [0.15, 0.2) is 0 Å². The SMILES string of the molecule is CCN.Cc1cc(Nc2cc(C(F)(F)F)ccn2)nc(-c2cnc([C@@]3(O)CCCc4cc(C(=O)NS(C)(=O)=O)ccc43)s2)c1.Cc1cc(Nc2cc(C(F)(F)F)ccn2)nc(-c2cnc([C@@]3(O)CCCc4cc(C(=O)O)ccc43)s2)c1. The average molecular weight is 1180 g/mol. The molecule has 10 rings (SSSR count). The quantitative estimate of drug-likeness (QED) is 0.0593. The van der Waals surface area contributed by atoms with Gasteiger partial charge in [0.1, 0.15) is 44.5 Å². The Kier molecular flexibility index (Phi) is 17.4. The number of sulfonamides is 1. The molecule has 424 valence electrons. The van der Waals surface area contributed by atoms with Crippen LogP contribution in [0.4, 0.5) is 49.6 Å². The smallest absolute Gasteiger partial charge is 0.416 e. The third-order valence-electron chi connectivity index (χ3n) is 12.7. The fraction of sp³-hybridized carbons (Fsp3) is 0.273. The van der Waals surface area contributed by atoms with E-state index in [1.54, 1.807) is 54.9 Å². The molecule has 0 unspecified atom stereocenters. The number of thiazole rings is 2. The predicted molar refractivity (Wildman–Crippen MR) is 294 cm³/mol. The van der Waals surface area contributed by atoms with Crippen LogP contribution in [0.2, 0.25) is 0 Å². The van der Waals surface area contributed by atoms with Crippen molar-refractivity contribution in [3.8, 4) is 21.1 Å². The Labute approximate surface area is 468 Å². The summed E-state index contributed by atoms with van der Waals surface area (Å²) in [7, 11) is -3.73. The molecule has 1 amide bonds. The minimum Gasteiger partial charge on any atom is -0.478 e. The van der Waals surface area contributed by atoms with E-state index < -0.39 is 56.6 Å². The highest BCUT2D eigenvalue weighted by Gasteiger charge is 2.41. The topological polar surface area (TPSA) is 268 Å². The van der Waals surface area contributed by atoms with Gasteiger partial charge in [0.25, 0.3) is 5.91 Å². The number of amides is 1. The van der Waals surface area contributed by atoms with Crippen molar-refractivity contribution in [2.45, 2.75) is 82.9 Å². The lowest BCUT2D eigenvalue weighted by molar-refractivity contribution is -0.138. The van der Waals surface area contributed by atoms with Crippen LogP contribution in [-0.2, 0) is 46.4 Å². The summed E-state index contributed by atoms with van der Waals surface area (Å²) in [4.78, 5) is 51.0. The first kappa shape index (κ1) is 59.4. The number of anilines is 4. The highest BCUT2D eigenvalue weighted by Crippen LogP contribution is 2.46. The zero-order chi connectivity index (χ0) is 58.7. The summed E-state index contributed by atoms with van der Waals surface area (Å²) in [5, 5.41) is 39.3. The summed E-state index contributed by atoms with van der Waals surface area (Å²) in [5.41, 5.74) is 6.10. The van der Waals surface area contributed by atoms with Gasteiger partial charge in [-0.25, -0.2) is 47.8 Å². The molecule has 2 atom stereocenters. The monoisotopic (exact) mass is 1170 g/mol. The average Bonchev–Trinajstić information content (AvgIpc) is 3.92. The van der Waals surface area contributed by atoms with Gasteiger partial charge in [0.05, 0.1) is 44.1 Å². The van der Waals surface area contributed by atoms with Crippen LogP contribution in [0.3, 0.4) is 0 Å². The van der Waals surface area contributed by atoms with Gasteiger partial charge in [0.2, 0.25) is 10.0 Å². The maximum atomic E-state index is 13.1. The molecule has 0 spiro atoms. The van der Waals surface area contributed by atoms with Gasteiger partial charge in [-0.3, -0.25) is 4.79 Å². The van der Waals surface area contributed by atoms with Crippen molar-refractivity contribution >= 4 is 67.8 Å². The number of benzene rings is 2. The first-order valence-electron chi connectivity index (χ1n) is 24.8. The van der Waals surface area contributed by atoms with Crippen molar-refractivity contribution in [1.82, 2.24) is 34.6 Å². The lowest BCUT2D eigenvalue weighted by atomic mass is 9.79. The Hall–Kier alpha value is -7.75. The second-order valence-corrected chi connectivity index (χ2v) is 22.9. The molecule has 2 aromatic carbocycles. The fourth-order valence-corrected chi connectivity index (χ4v) is 11.7. The zero-order valence-electron chi connectivity index (χ0n) is 43.6. The zero-order valence-corrected chi connectivity index (χ0v) is 46.0. The lowest BCUT2D eigenvalue weighted by Crippen LogP contribution is -2.33. The number of nitrogens with zero attached hydrogens (tertiary/aromatic N) is 6. The molecule has 0 saturated heterocycles. The van der Waals surface area contributed by atoms with Crippen LogP contribution in [0.15, 0.2) is 110 Å². The molecule has 17 nitrogen and oxygen atoms in total. The molecule has 0 radical (unpaired) electrons. The van der Waals surface area contributed by atoms with Gasteiger partial charge in [-0.05, 0) is 165 Å². The number of carboxylic acids is 1. The molecule has 6 aromatic heterocycles. The van der Waals surface area contributed by atoms with E-state index >= 15 is 0 Å². The molecule has 6 heterocycles. The molecule has 8 N–H and O–H groups in total. The van der Waals surface area contributed by atoms with E-state index in [9.17, 15) is 59.7 Å². The van der Waals surface area contributed by atoms with Gasteiger partial charge in [-0.1, -0.05) is 19.1 Å². The third kappa shape index (κ3) is 14.1.